The molecular weight excluding hydrogens is 821 g/mol. The molecule has 0 aliphatic carbocycles. The van der Waals surface area contributed by atoms with Crippen molar-refractivity contribution in [2.45, 2.75) is 90.0 Å². The van der Waals surface area contributed by atoms with E-state index in [0.29, 0.717) is 30.8 Å². The first-order chi connectivity index (χ1) is 30.8. The number of ether oxygens (including phenoxy) is 5. The van der Waals surface area contributed by atoms with Crippen molar-refractivity contribution in [2.24, 2.45) is 4.99 Å². The number of carbonyl (C=O) groups excluding carboxylic acids is 5. The predicted molar refractivity (Wildman–Crippen MR) is 239 cm³/mol. The van der Waals surface area contributed by atoms with Crippen molar-refractivity contribution < 1.29 is 47.7 Å². The van der Waals surface area contributed by atoms with Gasteiger partial charge < -0.3 is 44.5 Å². The van der Waals surface area contributed by atoms with Crippen LogP contribution in [-0.4, -0.2) is 91.5 Å². The van der Waals surface area contributed by atoms with Crippen molar-refractivity contribution in [1.29, 1.82) is 0 Å². The Bertz CT molecular complexity index is 2140. The lowest BCUT2D eigenvalue weighted by Crippen LogP contribution is -2.59. The molecule has 340 valence electrons. The number of hydrogen-bond acceptors (Lipinski definition) is 10. The van der Waals surface area contributed by atoms with Gasteiger partial charge in [-0.15, -0.1) is 4.99 Å². The Labute approximate surface area is 374 Å². The molecule has 1 heterocycles. The Kier molecular flexibility index (Phi) is 18.1. The smallest absolute Gasteiger partial charge is 0.437 e. The molecule has 1 aliphatic heterocycles. The van der Waals surface area contributed by atoms with Crippen molar-refractivity contribution in [2.75, 3.05) is 26.8 Å². The number of nitrogens with one attached hydrogen (secondary N) is 4. The zero-order valence-corrected chi connectivity index (χ0v) is 36.9. The van der Waals surface area contributed by atoms with Gasteiger partial charge in [0.15, 0.2) is 0 Å². The Hall–Kier alpha value is -6.94. The number of alkyl carbamates (subject to hydrolysis) is 2. The molecule has 3 atom stereocenters. The van der Waals surface area contributed by atoms with Gasteiger partial charge in [-0.1, -0.05) is 103 Å². The Balaban J connectivity index is 1.31. The molecule has 1 aliphatic rings. The normalized spacial score (nSPS) is 14.5. The summed E-state index contributed by atoms with van der Waals surface area (Å²) in [5.41, 5.74) is 2.06. The Morgan fingerprint density at radius 3 is 1.86 bits per heavy atom. The van der Waals surface area contributed by atoms with Crippen molar-refractivity contribution >= 4 is 36.1 Å². The summed E-state index contributed by atoms with van der Waals surface area (Å²) in [5, 5.41) is 11.3. The van der Waals surface area contributed by atoms with Gasteiger partial charge in [0.2, 0.25) is 17.8 Å². The maximum atomic E-state index is 14.4. The topological polar surface area (TPSA) is 195 Å². The van der Waals surface area contributed by atoms with Gasteiger partial charge >= 0.3 is 18.3 Å². The minimum atomic E-state index is -1.25. The fourth-order valence-electron chi connectivity index (χ4n) is 6.82. The quantitative estimate of drug-likeness (QED) is 0.0539. The number of aliphatic imine (C=N–C) groups is 1. The second-order valence-corrected chi connectivity index (χ2v) is 16.0. The number of likely N-dealkylation sites (tertiary alicyclic amines) is 1. The summed E-state index contributed by atoms with van der Waals surface area (Å²) in [6.45, 7) is 8.02. The number of benzene rings is 4. The lowest BCUT2D eigenvalue weighted by atomic mass is 9.98. The number of rotatable bonds is 16. The highest BCUT2D eigenvalue weighted by atomic mass is 16.6. The maximum absolute atomic E-state index is 14.4. The van der Waals surface area contributed by atoms with Crippen LogP contribution in [0.25, 0.3) is 0 Å². The van der Waals surface area contributed by atoms with E-state index in [-0.39, 0.29) is 38.7 Å². The molecule has 3 unspecified atom stereocenters. The van der Waals surface area contributed by atoms with E-state index in [1.165, 1.54) is 7.11 Å². The number of hydrogen-bond donors (Lipinski definition) is 4. The van der Waals surface area contributed by atoms with Gasteiger partial charge in [-0.25, -0.2) is 14.4 Å². The van der Waals surface area contributed by atoms with Crippen LogP contribution in [0.3, 0.4) is 0 Å². The van der Waals surface area contributed by atoms with E-state index < -0.39 is 59.9 Å². The summed E-state index contributed by atoms with van der Waals surface area (Å²) in [6.07, 6.45) is -2.65. The molecule has 4 N–H and O–H groups in total. The van der Waals surface area contributed by atoms with Crippen LogP contribution in [0.2, 0.25) is 0 Å². The summed E-state index contributed by atoms with van der Waals surface area (Å²) in [5.74, 6) is -0.577. The fraction of sp³-hybridized carbons (Fsp3) is 0.375. The van der Waals surface area contributed by atoms with Crippen molar-refractivity contribution in [3.05, 3.63) is 138 Å². The average Bonchev–Trinajstić information content (AvgIpc) is 3.28. The summed E-state index contributed by atoms with van der Waals surface area (Å²) >= 11 is 0. The highest BCUT2D eigenvalue weighted by molar-refractivity contribution is 5.99. The summed E-state index contributed by atoms with van der Waals surface area (Å²) < 4.78 is 27.8. The molecule has 1 fully saturated rings. The molecule has 0 saturated carbocycles. The second kappa shape index (κ2) is 24.1. The highest BCUT2D eigenvalue weighted by Crippen LogP contribution is 2.23. The molecule has 0 spiro atoms. The summed E-state index contributed by atoms with van der Waals surface area (Å²) in [4.78, 5) is 73.5. The number of amides is 5. The van der Waals surface area contributed by atoms with Crippen molar-refractivity contribution in [3.63, 3.8) is 0 Å². The minimum absolute atomic E-state index is 0.00491. The van der Waals surface area contributed by atoms with E-state index in [9.17, 15) is 24.0 Å². The van der Waals surface area contributed by atoms with Crippen LogP contribution in [0.5, 0.6) is 5.75 Å². The van der Waals surface area contributed by atoms with Crippen LogP contribution < -0.4 is 26.0 Å². The zero-order valence-electron chi connectivity index (χ0n) is 36.9. The minimum Gasteiger partial charge on any atom is -0.494 e. The van der Waals surface area contributed by atoms with E-state index in [2.05, 4.69) is 26.3 Å². The van der Waals surface area contributed by atoms with Gasteiger partial charge in [0.05, 0.1) is 6.61 Å². The molecule has 1 saturated heterocycles. The first-order valence-electron chi connectivity index (χ1n) is 21.2. The van der Waals surface area contributed by atoms with E-state index in [4.69, 9.17) is 23.7 Å². The number of nitrogens with zero attached hydrogens (tertiary/aromatic N) is 2. The third-order valence-corrected chi connectivity index (χ3v) is 9.92. The summed E-state index contributed by atoms with van der Waals surface area (Å²) in [6, 6.07) is 31.6. The lowest BCUT2D eigenvalue weighted by Gasteiger charge is -2.35. The van der Waals surface area contributed by atoms with Crippen molar-refractivity contribution in [3.8, 4) is 5.75 Å². The van der Waals surface area contributed by atoms with E-state index >= 15 is 0 Å². The molecule has 0 bridgehead atoms. The van der Waals surface area contributed by atoms with Crippen LogP contribution in [-0.2, 0) is 48.2 Å². The standard InChI is InChI=1S/C48H58N6O10/c1-6-61-38-24-22-33(23-25-38)30-39(50-47(59)64-48(2,3)4)42(55)51-40(41(60-5)36-20-14-9-15-21-36)43(56)49-37-26-28-54(29-27-37)44(52-45(57)62-31-34-16-10-7-11-17-34)53-46(58)63-32-35-18-12-8-13-19-35/h7-25,37,39-41H,6,26-32H2,1-5H3,(H,49,56)(H,50,59)(H,51,55)(H,52,53,57,58). The van der Waals surface area contributed by atoms with E-state index in [1.54, 1.807) is 74.2 Å². The molecule has 16 heteroatoms. The second-order valence-electron chi connectivity index (χ2n) is 16.0. The number of piperidine rings is 1. The monoisotopic (exact) mass is 878 g/mol. The molecule has 4 aromatic rings. The van der Waals surface area contributed by atoms with Gasteiger partial charge in [0, 0.05) is 32.7 Å². The number of guanidine groups is 1. The fourth-order valence-corrected chi connectivity index (χ4v) is 6.82. The molecule has 4 aromatic carbocycles. The zero-order chi connectivity index (χ0) is 45.9. The molecule has 5 rings (SSSR count). The van der Waals surface area contributed by atoms with E-state index in [0.717, 1.165) is 16.7 Å². The van der Waals surface area contributed by atoms with Crippen LogP contribution >= 0.6 is 0 Å². The lowest BCUT2D eigenvalue weighted by molar-refractivity contribution is -0.134. The van der Waals surface area contributed by atoms with Crippen LogP contribution in [0, 0.1) is 0 Å². The van der Waals surface area contributed by atoms with Crippen LogP contribution in [0.4, 0.5) is 14.4 Å². The first-order valence-corrected chi connectivity index (χ1v) is 21.2. The number of methoxy groups -OCH3 is 1. The van der Waals surface area contributed by atoms with E-state index in [1.807, 2.05) is 73.7 Å². The SMILES string of the molecule is CCOc1ccc(CC(NC(=O)OC(C)(C)C)C(=O)NC(C(=O)NC2CCN(C(=NC(=O)OCc3ccccc3)NC(=O)OCc3ccccc3)CC2)C(OC)c2ccccc2)cc1. The molecule has 0 aromatic heterocycles. The van der Waals surface area contributed by atoms with Gasteiger partial charge in [-0.05, 0) is 74.9 Å². The Morgan fingerprint density at radius 2 is 1.30 bits per heavy atom. The van der Waals surface area contributed by atoms with Crippen molar-refractivity contribution in [1.82, 2.24) is 26.2 Å². The molecule has 0 radical (unpaired) electrons. The first kappa shape index (κ1) is 48.1. The third kappa shape index (κ3) is 15.8. The summed E-state index contributed by atoms with van der Waals surface area (Å²) in [7, 11) is 1.45. The van der Waals surface area contributed by atoms with Gasteiger partial charge in [0.25, 0.3) is 0 Å². The highest BCUT2D eigenvalue weighted by Gasteiger charge is 2.36. The van der Waals surface area contributed by atoms with Gasteiger partial charge in [0.1, 0.15) is 42.8 Å². The van der Waals surface area contributed by atoms with Gasteiger partial charge in [-0.3, -0.25) is 14.9 Å². The number of carbonyl (C=O) groups is 5. The predicted octanol–water partition coefficient (Wildman–Crippen LogP) is 6.59. The third-order valence-electron chi connectivity index (χ3n) is 9.92. The molecule has 16 nitrogen and oxygen atoms in total. The van der Waals surface area contributed by atoms with Crippen LogP contribution in [0.15, 0.2) is 120 Å². The van der Waals surface area contributed by atoms with Gasteiger partial charge in [-0.2, -0.15) is 0 Å². The Morgan fingerprint density at radius 1 is 0.719 bits per heavy atom. The van der Waals surface area contributed by atoms with Crippen LogP contribution in [0.1, 0.15) is 68.9 Å². The maximum Gasteiger partial charge on any atom is 0.437 e. The largest absolute Gasteiger partial charge is 0.494 e. The molecule has 64 heavy (non-hydrogen) atoms. The molecular formula is C48H58N6O10. The average molecular weight is 879 g/mol. The molecule has 5 amide bonds.